The SMILES string of the molecule is CCN(CC)S(=O)(=O)c1ccc(Cl)c(C(=O)N(Cc2ccccn2)c2ccc(F)cc2)c1. The fraction of sp³-hybridized carbons (Fsp3) is 0.217. The molecule has 0 saturated heterocycles. The largest absolute Gasteiger partial charge is 0.302 e. The Morgan fingerprint density at radius 2 is 1.72 bits per heavy atom. The Hall–Kier alpha value is -2.81. The number of anilines is 1. The highest BCUT2D eigenvalue weighted by Crippen LogP contribution is 2.27. The Morgan fingerprint density at radius 3 is 2.31 bits per heavy atom. The van der Waals surface area contributed by atoms with Crippen molar-refractivity contribution in [2.75, 3.05) is 18.0 Å². The molecule has 0 aliphatic carbocycles. The molecule has 1 aromatic heterocycles. The van der Waals surface area contributed by atoms with E-state index in [1.54, 1.807) is 38.2 Å². The topological polar surface area (TPSA) is 70.6 Å². The first-order valence-corrected chi connectivity index (χ1v) is 11.9. The van der Waals surface area contributed by atoms with Crippen molar-refractivity contribution in [1.82, 2.24) is 9.29 Å². The van der Waals surface area contributed by atoms with Crippen molar-refractivity contribution in [3.63, 3.8) is 0 Å². The zero-order valence-corrected chi connectivity index (χ0v) is 19.3. The number of hydrogen-bond acceptors (Lipinski definition) is 4. The number of halogens is 2. The Labute approximate surface area is 192 Å². The third kappa shape index (κ3) is 5.15. The summed E-state index contributed by atoms with van der Waals surface area (Å²) < 4.78 is 40.7. The average molecular weight is 476 g/mol. The first kappa shape index (κ1) is 23.8. The van der Waals surface area contributed by atoms with Crippen LogP contribution in [0, 0.1) is 5.82 Å². The molecule has 6 nitrogen and oxygen atoms in total. The van der Waals surface area contributed by atoms with Crippen molar-refractivity contribution in [3.05, 3.63) is 89.0 Å². The first-order chi connectivity index (χ1) is 15.3. The van der Waals surface area contributed by atoms with E-state index in [1.165, 1.54) is 51.7 Å². The number of nitrogens with zero attached hydrogens (tertiary/aromatic N) is 3. The number of benzene rings is 2. The van der Waals surface area contributed by atoms with E-state index in [0.717, 1.165) is 0 Å². The standard InChI is InChI=1S/C23H23ClFN3O3S/c1-3-27(4-2)32(30,31)20-12-13-22(24)21(15-20)23(29)28(16-18-7-5-6-14-26-18)19-10-8-17(25)9-11-19/h5-15H,3-4,16H2,1-2H3. The monoisotopic (exact) mass is 475 g/mol. The van der Waals surface area contributed by atoms with E-state index in [-0.39, 0.29) is 22.0 Å². The van der Waals surface area contributed by atoms with Gasteiger partial charge in [0.2, 0.25) is 10.0 Å². The van der Waals surface area contributed by atoms with Crippen LogP contribution in [0.5, 0.6) is 0 Å². The van der Waals surface area contributed by atoms with E-state index in [1.807, 2.05) is 0 Å². The molecular formula is C23H23ClFN3O3S. The number of rotatable bonds is 8. The van der Waals surface area contributed by atoms with E-state index in [2.05, 4.69) is 4.98 Å². The molecule has 0 bridgehead atoms. The van der Waals surface area contributed by atoms with Gasteiger partial charge in [0.25, 0.3) is 5.91 Å². The highest BCUT2D eigenvalue weighted by Gasteiger charge is 2.26. The zero-order valence-electron chi connectivity index (χ0n) is 17.7. The van der Waals surface area contributed by atoms with Crippen molar-refractivity contribution < 1.29 is 17.6 Å². The van der Waals surface area contributed by atoms with Gasteiger partial charge in [-0.05, 0) is 54.6 Å². The van der Waals surface area contributed by atoms with Gasteiger partial charge in [-0.2, -0.15) is 4.31 Å². The molecule has 0 atom stereocenters. The van der Waals surface area contributed by atoms with Gasteiger partial charge in [-0.15, -0.1) is 0 Å². The van der Waals surface area contributed by atoms with Crippen molar-refractivity contribution in [2.24, 2.45) is 0 Å². The minimum atomic E-state index is -3.79. The lowest BCUT2D eigenvalue weighted by Gasteiger charge is -2.24. The van der Waals surface area contributed by atoms with Crippen LogP contribution in [0.15, 0.2) is 71.8 Å². The maximum atomic E-state index is 13.6. The van der Waals surface area contributed by atoms with Gasteiger partial charge in [-0.3, -0.25) is 9.78 Å². The molecule has 0 unspecified atom stereocenters. The van der Waals surface area contributed by atoms with Crippen LogP contribution in [0.3, 0.4) is 0 Å². The maximum Gasteiger partial charge on any atom is 0.260 e. The Morgan fingerprint density at radius 1 is 1.03 bits per heavy atom. The van der Waals surface area contributed by atoms with Gasteiger partial charge in [0.15, 0.2) is 0 Å². The summed E-state index contributed by atoms with van der Waals surface area (Å²) in [5, 5.41) is 0.113. The molecule has 0 saturated carbocycles. The number of carbonyl (C=O) groups excluding carboxylic acids is 1. The number of pyridine rings is 1. The second kappa shape index (κ2) is 10.2. The number of amides is 1. The molecule has 1 heterocycles. The average Bonchev–Trinajstić information content (AvgIpc) is 2.79. The normalized spacial score (nSPS) is 11.5. The van der Waals surface area contributed by atoms with Crippen LogP contribution in [0.2, 0.25) is 5.02 Å². The minimum Gasteiger partial charge on any atom is -0.302 e. The lowest BCUT2D eigenvalue weighted by atomic mass is 10.1. The van der Waals surface area contributed by atoms with Crippen LogP contribution in [0.4, 0.5) is 10.1 Å². The number of aromatic nitrogens is 1. The minimum absolute atomic E-state index is 0.0224. The smallest absolute Gasteiger partial charge is 0.260 e. The third-order valence-corrected chi connectivity index (χ3v) is 7.32. The summed E-state index contributed by atoms with van der Waals surface area (Å²) in [6.07, 6.45) is 1.60. The van der Waals surface area contributed by atoms with Crippen LogP contribution in [0.25, 0.3) is 0 Å². The lowest BCUT2D eigenvalue weighted by molar-refractivity contribution is 0.0984. The molecule has 0 spiro atoms. The Bertz CT molecular complexity index is 1180. The zero-order chi connectivity index (χ0) is 23.3. The summed E-state index contributed by atoms with van der Waals surface area (Å²) in [4.78, 5) is 19.2. The van der Waals surface area contributed by atoms with E-state index in [9.17, 15) is 17.6 Å². The number of hydrogen-bond donors (Lipinski definition) is 0. The molecule has 32 heavy (non-hydrogen) atoms. The summed E-state index contributed by atoms with van der Waals surface area (Å²) in [6, 6.07) is 14.8. The van der Waals surface area contributed by atoms with Crippen LogP contribution < -0.4 is 4.90 Å². The van der Waals surface area contributed by atoms with Gasteiger partial charge >= 0.3 is 0 Å². The number of sulfonamides is 1. The molecule has 0 aliphatic rings. The van der Waals surface area contributed by atoms with Gasteiger partial charge in [0.05, 0.1) is 27.7 Å². The molecule has 0 radical (unpaired) electrons. The Balaban J connectivity index is 2.07. The molecule has 3 aromatic rings. The molecule has 1 amide bonds. The van der Waals surface area contributed by atoms with E-state index in [0.29, 0.717) is 24.5 Å². The predicted molar refractivity (Wildman–Crippen MR) is 123 cm³/mol. The van der Waals surface area contributed by atoms with Crippen molar-refractivity contribution >= 4 is 33.2 Å². The molecule has 3 rings (SSSR count). The quantitative estimate of drug-likeness (QED) is 0.471. The molecule has 0 fully saturated rings. The second-order valence-electron chi connectivity index (χ2n) is 6.92. The van der Waals surface area contributed by atoms with E-state index in [4.69, 9.17) is 11.6 Å². The Kier molecular flexibility index (Phi) is 7.60. The van der Waals surface area contributed by atoms with Crippen LogP contribution in [0.1, 0.15) is 29.9 Å². The number of carbonyl (C=O) groups is 1. The lowest BCUT2D eigenvalue weighted by Crippen LogP contribution is -2.32. The predicted octanol–water partition coefficient (Wildman–Crippen LogP) is 4.75. The van der Waals surface area contributed by atoms with Gasteiger partial charge in [-0.1, -0.05) is 31.5 Å². The highest BCUT2D eigenvalue weighted by atomic mass is 35.5. The van der Waals surface area contributed by atoms with Gasteiger partial charge in [0, 0.05) is 25.0 Å². The van der Waals surface area contributed by atoms with Crippen LogP contribution >= 0.6 is 11.6 Å². The van der Waals surface area contributed by atoms with Gasteiger partial charge in [0.1, 0.15) is 5.82 Å². The summed E-state index contributed by atoms with van der Waals surface area (Å²) in [5.74, 6) is -0.965. The molecule has 2 aromatic carbocycles. The first-order valence-electron chi connectivity index (χ1n) is 10.0. The summed E-state index contributed by atoms with van der Waals surface area (Å²) in [5.41, 5.74) is 1.06. The molecule has 0 aliphatic heterocycles. The molecule has 9 heteroatoms. The fourth-order valence-corrected chi connectivity index (χ4v) is 4.92. The summed E-state index contributed by atoms with van der Waals surface area (Å²) in [7, 11) is -3.79. The summed E-state index contributed by atoms with van der Waals surface area (Å²) >= 11 is 6.32. The van der Waals surface area contributed by atoms with Gasteiger partial charge in [-0.25, -0.2) is 12.8 Å². The summed E-state index contributed by atoms with van der Waals surface area (Å²) in [6.45, 7) is 4.17. The second-order valence-corrected chi connectivity index (χ2v) is 9.26. The van der Waals surface area contributed by atoms with Gasteiger partial charge < -0.3 is 4.90 Å². The van der Waals surface area contributed by atoms with Crippen molar-refractivity contribution in [1.29, 1.82) is 0 Å². The van der Waals surface area contributed by atoms with Crippen LogP contribution in [-0.4, -0.2) is 36.7 Å². The highest BCUT2D eigenvalue weighted by molar-refractivity contribution is 7.89. The van der Waals surface area contributed by atoms with Crippen LogP contribution in [-0.2, 0) is 16.6 Å². The molecule has 168 valence electrons. The molecular weight excluding hydrogens is 453 g/mol. The third-order valence-electron chi connectivity index (χ3n) is 4.94. The van der Waals surface area contributed by atoms with E-state index < -0.39 is 21.7 Å². The maximum absolute atomic E-state index is 13.6. The fourth-order valence-electron chi connectivity index (χ4n) is 3.24. The van der Waals surface area contributed by atoms with Crippen molar-refractivity contribution in [3.8, 4) is 0 Å². The molecule has 0 N–H and O–H groups in total. The van der Waals surface area contributed by atoms with E-state index >= 15 is 0 Å². The van der Waals surface area contributed by atoms with Crippen molar-refractivity contribution in [2.45, 2.75) is 25.3 Å².